The van der Waals surface area contributed by atoms with Crippen LogP contribution >= 0.6 is 0 Å². The van der Waals surface area contributed by atoms with Crippen molar-refractivity contribution in [3.8, 4) is 23.3 Å². The predicted octanol–water partition coefficient (Wildman–Crippen LogP) is 2.92. The predicted molar refractivity (Wildman–Crippen MR) is 138 cm³/mol. The first-order valence-corrected chi connectivity index (χ1v) is 13.9. The zero-order chi connectivity index (χ0) is 27.0. The average molecular weight is 528 g/mol. The minimum Gasteiger partial charge on any atom is -0.490 e. The number of rotatable bonds is 9. The molecule has 2 unspecified atom stereocenters. The highest BCUT2D eigenvalue weighted by molar-refractivity contribution is 7.89. The molecule has 0 fully saturated rings. The van der Waals surface area contributed by atoms with Crippen molar-refractivity contribution < 1.29 is 22.8 Å². The summed E-state index contributed by atoms with van der Waals surface area (Å²) in [5.74, 6) is 0.833. The van der Waals surface area contributed by atoms with E-state index >= 15 is 0 Å². The smallest absolute Gasteiger partial charge is 0.258 e. The second kappa shape index (κ2) is 10.0. The first-order valence-electron chi connectivity index (χ1n) is 12.2. The monoisotopic (exact) mass is 527 g/mol. The van der Waals surface area contributed by atoms with Crippen molar-refractivity contribution in [3.63, 3.8) is 0 Å². The minimum absolute atomic E-state index is 0.0640. The highest BCUT2D eigenvalue weighted by Crippen LogP contribution is 2.46. The van der Waals surface area contributed by atoms with Gasteiger partial charge in [-0.15, -0.1) is 0 Å². The van der Waals surface area contributed by atoms with Crippen molar-refractivity contribution in [2.24, 2.45) is 0 Å². The largest absolute Gasteiger partial charge is 0.490 e. The molecule has 10 nitrogen and oxygen atoms in total. The van der Waals surface area contributed by atoms with Gasteiger partial charge in [0.1, 0.15) is 23.3 Å². The number of aromatic nitrogens is 2. The normalized spacial score (nSPS) is 23.1. The van der Waals surface area contributed by atoms with E-state index in [0.29, 0.717) is 47.9 Å². The zero-order valence-electron chi connectivity index (χ0n) is 21.7. The van der Waals surface area contributed by atoms with E-state index in [-0.39, 0.29) is 6.10 Å². The number of nitrogens with one attached hydrogen (secondary N) is 2. The topological polar surface area (TPSA) is 150 Å². The van der Waals surface area contributed by atoms with Crippen LogP contribution in [0.5, 0.6) is 5.75 Å². The van der Waals surface area contributed by atoms with E-state index in [0.717, 1.165) is 11.1 Å². The molecule has 11 heteroatoms. The molecule has 1 heterocycles. The van der Waals surface area contributed by atoms with E-state index in [1.807, 2.05) is 32.9 Å². The molecule has 2 aromatic rings. The summed E-state index contributed by atoms with van der Waals surface area (Å²) in [4.78, 5) is 4.69. The molecule has 2 aliphatic carbocycles. The summed E-state index contributed by atoms with van der Waals surface area (Å²) in [6, 6.07) is 6.93. The highest BCUT2D eigenvalue weighted by atomic mass is 32.2. The third kappa shape index (κ3) is 5.62. The summed E-state index contributed by atoms with van der Waals surface area (Å²) in [5.41, 5.74) is 0.851. The van der Waals surface area contributed by atoms with Gasteiger partial charge in [-0.1, -0.05) is 22.9 Å². The van der Waals surface area contributed by atoms with Crippen LogP contribution in [0.25, 0.3) is 11.5 Å². The van der Waals surface area contributed by atoms with Gasteiger partial charge in [-0.2, -0.15) is 10.2 Å². The second-order valence-electron chi connectivity index (χ2n) is 10.3. The van der Waals surface area contributed by atoms with Gasteiger partial charge in [-0.25, -0.2) is 13.1 Å². The van der Waals surface area contributed by atoms with Crippen LogP contribution in [0.4, 0.5) is 0 Å². The molecule has 37 heavy (non-hydrogen) atoms. The van der Waals surface area contributed by atoms with E-state index in [1.54, 1.807) is 18.2 Å². The first kappa shape index (κ1) is 27.0. The van der Waals surface area contributed by atoms with Crippen LogP contribution in [-0.2, 0) is 15.4 Å². The summed E-state index contributed by atoms with van der Waals surface area (Å²) < 4.78 is 39.5. The summed E-state index contributed by atoms with van der Waals surface area (Å²) in [6.45, 7) is 7.24. The number of nitriles is 1. The van der Waals surface area contributed by atoms with Crippen LogP contribution in [0.2, 0.25) is 0 Å². The molecule has 2 aliphatic rings. The molecule has 0 radical (unpaired) electrons. The Kier molecular flexibility index (Phi) is 7.32. The van der Waals surface area contributed by atoms with E-state index in [4.69, 9.17) is 9.26 Å². The van der Waals surface area contributed by atoms with Crippen molar-refractivity contribution in [3.05, 3.63) is 52.9 Å². The fourth-order valence-electron chi connectivity index (χ4n) is 4.88. The maximum Gasteiger partial charge on any atom is 0.258 e. The molecule has 0 spiro atoms. The highest BCUT2D eigenvalue weighted by Gasteiger charge is 2.43. The fraction of sp³-hybridized carbons (Fsp3) is 0.500. The quantitative estimate of drug-likeness (QED) is 0.418. The number of nitrogens with zero attached hydrogens (tertiary/aromatic N) is 3. The number of ether oxygens (including phenoxy) is 1. The molecule has 3 atom stereocenters. The molecule has 198 valence electrons. The van der Waals surface area contributed by atoms with Crippen molar-refractivity contribution >= 4 is 10.0 Å². The molecule has 0 amide bonds. The van der Waals surface area contributed by atoms with Crippen LogP contribution in [0.3, 0.4) is 0 Å². The van der Waals surface area contributed by atoms with Gasteiger partial charge in [0.25, 0.3) is 5.89 Å². The lowest BCUT2D eigenvalue weighted by Gasteiger charge is -2.31. The summed E-state index contributed by atoms with van der Waals surface area (Å²) in [7, 11) is -2.24. The average Bonchev–Trinajstić information content (AvgIpc) is 3.47. The first-order chi connectivity index (χ1) is 17.4. The van der Waals surface area contributed by atoms with Gasteiger partial charge >= 0.3 is 0 Å². The molecule has 3 N–H and O–H groups in total. The van der Waals surface area contributed by atoms with Crippen LogP contribution in [0.15, 0.2) is 46.0 Å². The molecule has 0 saturated carbocycles. The van der Waals surface area contributed by atoms with Crippen molar-refractivity contribution in [2.75, 3.05) is 12.8 Å². The number of sulfonamides is 1. The van der Waals surface area contributed by atoms with Crippen molar-refractivity contribution in [2.45, 2.75) is 70.2 Å². The van der Waals surface area contributed by atoms with Crippen molar-refractivity contribution in [1.29, 1.82) is 5.26 Å². The fourth-order valence-corrected chi connectivity index (χ4v) is 6.52. The summed E-state index contributed by atoms with van der Waals surface area (Å²) in [5, 5.41) is 26.6. The molecular formula is C26H33N5O5S. The molecule has 0 bridgehead atoms. The van der Waals surface area contributed by atoms with Crippen molar-refractivity contribution in [1.82, 2.24) is 20.2 Å². The Morgan fingerprint density at radius 2 is 2.16 bits per heavy atom. The van der Waals surface area contributed by atoms with Gasteiger partial charge in [0, 0.05) is 11.6 Å². The Morgan fingerprint density at radius 3 is 2.84 bits per heavy atom. The number of hydrogen-bond donors (Lipinski definition) is 3. The minimum atomic E-state index is -3.75. The third-order valence-electron chi connectivity index (χ3n) is 6.86. The van der Waals surface area contributed by atoms with Crippen LogP contribution in [-0.4, -0.2) is 54.3 Å². The standard InChI is InChI=1S/C26H33N5O5S/c1-16(2)35-22-11-8-17(13-18(22)14-27)23-29-24(30-36-23)25(3)12-6-7-19-20(25)9-10-21(19)31-37(33,34)15-26(4,32)28-5/h6-8,11,13,16,21,28,31-32H,9-10,12,15H2,1-5H3/t21-,25?,26?/m0/s1. The van der Waals surface area contributed by atoms with E-state index in [1.165, 1.54) is 14.0 Å². The lowest BCUT2D eigenvalue weighted by Crippen LogP contribution is -2.50. The van der Waals surface area contributed by atoms with E-state index in [9.17, 15) is 18.8 Å². The van der Waals surface area contributed by atoms with Crippen LogP contribution in [0.1, 0.15) is 58.3 Å². The zero-order valence-corrected chi connectivity index (χ0v) is 22.5. The Bertz CT molecular complexity index is 1390. The van der Waals surface area contributed by atoms with Gasteiger partial charge in [-0.05, 0) is 77.8 Å². The molecule has 0 saturated heterocycles. The molecule has 1 aromatic heterocycles. The van der Waals surface area contributed by atoms with Gasteiger partial charge < -0.3 is 14.4 Å². The van der Waals surface area contributed by atoms with Gasteiger partial charge in [0.2, 0.25) is 10.0 Å². The third-order valence-corrected chi connectivity index (χ3v) is 8.44. The Balaban J connectivity index is 1.60. The number of allylic oxidation sites excluding steroid dienone is 2. The molecule has 4 rings (SSSR count). The van der Waals surface area contributed by atoms with E-state index < -0.39 is 33.0 Å². The van der Waals surface area contributed by atoms with Gasteiger partial charge in [0.05, 0.1) is 17.1 Å². The Labute approximate surface area is 217 Å². The van der Waals surface area contributed by atoms with Crippen LogP contribution in [0, 0.1) is 11.3 Å². The molecule has 1 aromatic carbocycles. The maximum absolute atomic E-state index is 12.7. The number of benzene rings is 1. The summed E-state index contributed by atoms with van der Waals surface area (Å²) in [6.07, 6.45) is 5.81. The second-order valence-corrected chi connectivity index (χ2v) is 12.0. The molecule has 0 aliphatic heterocycles. The maximum atomic E-state index is 12.7. The lowest BCUT2D eigenvalue weighted by atomic mass is 9.73. The molecular weight excluding hydrogens is 494 g/mol. The Hall–Kier alpha value is -3.04. The number of hydrogen-bond acceptors (Lipinski definition) is 9. The number of aliphatic hydroxyl groups is 1. The van der Waals surface area contributed by atoms with Gasteiger partial charge in [0.15, 0.2) is 5.82 Å². The van der Waals surface area contributed by atoms with E-state index in [2.05, 4.69) is 26.2 Å². The SMILES string of the molecule is CNC(C)(O)CS(=O)(=O)N[C@H]1CCC2=C1C=CCC2(C)c1noc(-c2ccc(OC(C)C)c(C#N)c2)n1. The van der Waals surface area contributed by atoms with Gasteiger partial charge in [-0.3, -0.25) is 5.32 Å². The summed E-state index contributed by atoms with van der Waals surface area (Å²) >= 11 is 0. The van der Waals surface area contributed by atoms with Crippen LogP contribution < -0.4 is 14.8 Å². The Morgan fingerprint density at radius 1 is 1.41 bits per heavy atom. The lowest BCUT2D eigenvalue weighted by molar-refractivity contribution is 0.0552.